The molecule has 10 atom stereocenters. The molecule has 48 heavy (non-hydrogen) atoms. The molecule has 6 aliphatic rings. The number of rotatable bonds is 4. The van der Waals surface area contributed by atoms with Crippen LogP contribution in [0.15, 0.2) is 119 Å². The summed E-state index contributed by atoms with van der Waals surface area (Å²) in [4.78, 5) is 0. The second-order valence-corrected chi connectivity index (χ2v) is 22.9. The molecule has 3 saturated carbocycles. The van der Waals surface area contributed by atoms with E-state index in [2.05, 4.69) is 143 Å². The number of allylic oxidation sites excluding steroid dienone is 12. The molecule has 0 spiro atoms. The summed E-state index contributed by atoms with van der Waals surface area (Å²) in [5, 5.41) is 1.61. The molecule has 6 aliphatic carbocycles. The summed E-state index contributed by atoms with van der Waals surface area (Å²) in [6, 6.07) is 17.7. The molecule has 0 nitrogen and oxygen atoms in total. The number of halogens is 4. The number of fused-ring (bicyclic) bond motifs is 8. The minimum atomic E-state index is -2.78. The minimum absolute atomic E-state index is 0. The van der Waals surface area contributed by atoms with Gasteiger partial charge in [-0.25, -0.2) is 0 Å². The van der Waals surface area contributed by atoms with Gasteiger partial charge in [0.1, 0.15) is 0 Å². The fourth-order valence-electron chi connectivity index (χ4n) is 11.9. The van der Waals surface area contributed by atoms with Crippen LogP contribution in [0.3, 0.4) is 0 Å². The summed E-state index contributed by atoms with van der Waals surface area (Å²) in [7, 11) is 0. The largest absolute Gasteiger partial charge is 1.00 e. The van der Waals surface area contributed by atoms with Gasteiger partial charge in [0, 0.05) is 0 Å². The molecule has 3 fully saturated rings. The van der Waals surface area contributed by atoms with E-state index in [1.807, 2.05) is 0 Å². The molecule has 8 rings (SSSR count). The summed E-state index contributed by atoms with van der Waals surface area (Å²) in [6.45, 7) is 10.7. The first-order chi connectivity index (χ1) is 22.2. The Morgan fingerprint density at radius 3 is 2.02 bits per heavy atom. The first-order valence-electron chi connectivity index (χ1n) is 17.5. The molecule has 0 amide bonds. The maximum absolute atomic E-state index is 6.55. The van der Waals surface area contributed by atoms with Crippen LogP contribution in [0.1, 0.15) is 64.5 Å². The van der Waals surface area contributed by atoms with Gasteiger partial charge in [-0.3, -0.25) is 0 Å². The van der Waals surface area contributed by atoms with Crippen molar-refractivity contribution in [1.29, 1.82) is 0 Å². The molecule has 0 radical (unpaired) electrons. The van der Waals surface area contributed by atoms with Crippen molar-refractivity contribution >= 4 is 26.4 Å². The van der Waals surface area contributed by atoms with Gasteiger partial charge in [-0.2, -0.15) is 0 Å². The summed E-state index contributed by atoms with van der Waals surface area (Å²) >= 11 is 10.3. The SMILES string of the molecule is CC1CCCC2C1C1C3C=CC=CC3C3(C)C=CC=CC3(C)C1(C)[CH]2[Zr+2]([C]1=CC=CC1)=[C](c1ccc(Cl)cc1)c1ccc(Cl)cc1.[Cl-].[Cl-]. The van der Waals surface area contributed by atoms with E-state index in [0.717, 1.165) is 34.2 Å². The first-order valence-corrected chi connectivity index (χ1v) is 22.2. The van der Waals surface area contributed by atoms with Crippen molar-refractivity contribution in [3.05, 3.63) is 140 Å². The topological polar surface area (TPSA) is 0 Å². The molecule has 10 unspecified atom stereocenters. The average molecular weight is 796 g/mol. The zero-order valence-electron chi connectivity index (χ0n) is 28.4. The standard InChI is InChI=1S/C25H33.C13H8Cl2.C5H5.2ClH.Zr/c1-17-10-9-11-18-16-24(3)22(21(17)18)19-12-5-6-13-20(19)23(2)14-7-8-15-25(23,24)4;14-12-5-1-10(2-6-12)9-11-3-7-13(15)8-4-11;1-2-4-5-3-1;;;/h5-8,12-22H,9-11H2,1-4H3;1-8H;1-3H,4H2;2*1H;/q;;;;;+2/p-2. The Labute approximate surface area is 318 Å². The Bertz CT molecular complexity index is 1710. The maximum atomic E-state index is 6.55. The molecule has 0 aromatic heterocycles. The number of hydrogen-bond acceptors (Lipinski definition) is 0. The zero-order valence-corrected chi connectivity index (χ0v) is 33.8. The van der Waals surface area contributed by atoms with Crippen molar-refractivity contribution in [2.24, 2.45) is 51.8 Å². The normalized spacial score (nSPS) is 37.9. The molecule has 2 aromatic rings. The van der Waals surface area contributed by atoms with Gasteiger partial charge in [-0.05, 0) is 0 Å². The van der Waals surface area contributed by atoms with Gasteiger partial charge in [-0.1, -0.05) is 0 Å². The third kappa shape index (κ3) is 5.26. The Balaban J connectivity index is 0.00000201. The molecular weight excluding hydrogens is 750 g/mol. The van der Waals surface area contributed by atoms with Crippen LogP contribution in [0.5, 0.6) is 0 Å². The van der Waals surface area contributed by atoms with E-state index in [0.29, 0.717) is 21.4 Å². The van der Waals surface area contributed by atoms with E-state index >= 15 is 0 Å². The van der Waals surface area contributed by atoms with Crippen molar-refractivity contribution in [2.45, 2.75) is 57.0 Å². The molecule has 0 bridgehead atoms. The number of benzene rings is 2. The van der Waals surface area contributed by atoms with Gasteiger partial charge in [0.25, 0.3) is 0 Å². The van der Waals surface area contributed by atoms with Crippen LogP contribution in [-0.4, -0.2) is 3.21 Å². The van der Waals surface area contributed by atoms with Gasteiger partial charge >= 0.3 is 296 Å². The predicted octanol–water partition coefficient (Wildman–Crippen LogP) is 6.02. The Morgan fingerprint density at radius 2 is 1.40 bits per heavy atom. The second kappa shape index (κ2) is 13.7. The van der Waals surface area contributed by atoms with Crippen LogP contribution in [0, 0.1) is 51.8 Å². The Morgan fingerprint density at radius 1 is 0.771 bits per heavy atom. The van der Waals surface area contributed by atoms with Crippen molar-refractivity contribution in [3.63, 3.8) is 0 Å². The Kier molecular flexibility index (Phi) is 10.5. The summed E-state index contributed by atoms with van der Waals surface area (Å²) < 4.78 is 4.06. The van der Waals surface area contributed by atoms with E-state index < -0.39 is 21.3 Å². The molecule has 0 aliphatic heterocycles. The van der Waals surface area contributed by atoms with Crippen molar-refractivity contribution in [1.82, 2.24) is 0 Å². The summed E-state index contributed by atoms with van der Waals surface area (Å²) in [6.07, 6.45) is 32.5. The third-order valence-corrected chi connectivity index (χ3v) is 23.9. The third-order valence-electron chi connectivity index (χ3n) is 14.0. The van der Waals surface area contributed by atoms with Gasteiger partial charge in [0.2, 0.25) is 0 Å². The monoisotopic (exact) mass is 792 g/mol. The van der Waals surface area contributed by atoms with E-state index in [-0.39, 0.29) is 41.1 Å². The fraction of sp³-hybridized carbons (Fsp3) is 0.419. The predicted molar refractivity (Wildman–Crippen MR) is 193 cm³/mol. The van der Waals surface area contributed by atoms with Gasteiger partial charge in [0.15, 0.2) is 0 Å². The van der Waals surface area contributed by atoms with Gasteiger partial charge in [-0.15, -0.1) is 0 Å². The molecule has 250 valence electrons. The molecule has 0 heterocycles. The van der Waals surface area contributed by atoms with E-state index in [4.69, 9.17) is 23.2 Å². The molecule has 5 heteroatoms. The van der Waals surface area contributed by atoms with E-state index in [1.165, 1.54) is 30.4 Å². The molecular formula is C43H46Cl4Zr. The number of hydrogen-bond donors (Lipinski definition) is 0. The molecule has 0 saturated heterocycles. The van der Waals surface area contributed by atoms with Gasteiger partial charge in [0.05, 0.1) is 0 Å². The van der Waals surface area contributed by atoms with Crippen LogP contribution < -0.4 is 24.8 Å². The summed E-state index contributed by atoms with van der Waals surface area (Å²) in [5.41, 5.74) is 2.94. The first kappa shape index (κ1) is 36.6. The van der Waals surface area contributed by atoms with Crippen molar-refractivity contribution in [3.8, 4) is 0 Å². The van der Waals surface area contributed by atoms with Crippen molar-refractivity contribution < 1.29 is 46.1 Å². The quantitative estimate of drug-likeness (QED) is 0.356. The second-order valence-electron chi connectivity index (χ2n) is 15.6. The fourth-order valence-corrected chi connectivity index (χ4v) is 23.2. The average Bonchev–Trinajstić information content (AvgIpc) is 3.68. The van der Waals surface area contributed by atoms with Crippen LogP contribution >= 0.6 is 23.2 Å². The van der Waals surface area contributed by atoms with Crippen LogP contribution in [0.25, 0.3) is 0 Å². The van der Waals surface area contributed by atoms with Gasteiger partial charge < -0.3 is 24.8 Å². The van der Waals surface area contributed by atoms with Crippen molar-refractivity contribution in [2.75, 3.05) is 0 Å². The van der Waals surface area contributed by atoms with E-state index in [9.17, 15) is 0 Å². The molecule has 2 aromatic carbocycles. The van der Waals surface area contributed by atoms with Crippen LogP contribution in [0.4, 0.5) is 0 Å². The Hall–Kier alpha value is -1.21. The smallest absolute Gasteiger partial charge is 1.00 e. The minimum Gasteiger partial charge on any atom is -1.00 e. The van der Waals surface area contributed by atoms with Crippen LogP contribution in [0.2, 0.25) is 13.7 Å². The maximum Gasteiger partial charge on any atom is -1.00 e. The molecule has 0 N–H and O–H groups in total. The zero-order chi connectivity index (χ0) is 31.8. The summed E-state index contributed by atoms with van der Waals surface area (Å²) in [5.74, 6) is 3.97. The van der Waals surface area contributed by atoms with E-state index in [1.54, 1.807) is 6.49 Å². The van der Waals surface area contributed by atoms with Crippen LogP contribution in [-0.2, 0) is 21.3 Å².